The summed E-state index contributed by atoms with van der Waals surface area (Å²) in [6, 6.07) is 5.25. The first-order chi connectivity index (χ1) is 8.79. The molecule has 1 aromatic carbocycles. The molecule has 0 amide bonds. The summed E-state index contributed by atoms with van der Waals surface area (Å²) in [5.41, 5.74) is 0.665. The second-order valence-electron chi connectivity index (χ2n) is 4.16. The van der Waals surface area contributed by atoms with Crippen molar-refractivity contribution in [3.05, 3.63) is 29.6 Å². The summed E-state index contributed by atoms with van der Waals surface area (Å²) in [4.78, 5) is 0. The van der Waals surface area contributed by atoms with Crippen molar-refractivity contribution in [1.82, 2.24) is 5.32 Å². The molecule has 0 unspecified atom stereocenters. The van der Waals surface area contributed by atoms with Crippen LogP contribution >= 0.6 is 11.8 Å². The van der Waals surface area contributed by atoms with Crippen molar-refractivity contribution in [2.45, 2.75) is 25.8 Å². The Morgan fingerprint density at radius 3 is 2.83 bits per heavy atom. The highest BCUT2D eigenvalue weighted by Crippen LogP contribution is 2.19. The maximum atomic E-state index is 13.8. The van der Waals surface area contributed by atoms with Crippen LogP contribution in [0, 0.1) is 5.82 Å². The Hall–Kier alpha value is -0.740. The predicted molar refractivity (Wildman–Crippen MR) is 76.9 cm³/mol. The molecule has 4 heteroatoms. The van der Waals surface area contributed by atoms with Gasteiger partial charge in [-0.3, -0.25) is 0 Å². The number of methoxy groups -OCH3 is 1. The smallest absolute Gasteiger partial charge is 0.169 e. The Morgan fingerprint density at radius 1 is 1.28 bits per heavy atom. The van der Waals surface area contributed by atoms with E-state index in [9.17, 15) is 4.39 Å². The number of unbranched alkanes of at least 4 members (excludes halogenated alkanes) is 2. The maximum Gasteiger partial charge on any atom is 0.169 e. The third-order valence-electron chi connectivity index (χ3n) is 2.78. The minimum absolute atomic E-state index is 0.255. The molecule has 0 bridgehead atoms. The van der Waals surface area contributed by atoms with E-state index in [-0.39, 0.29) is 5.82 Å². The Morgan fingerprint density at radius 2 is 2.11 bits per heavy atom. The van der Waals surface area contributed by atoms with Crippen molar-refractivity contribution in [2.75, 3.05) is 25.7 Å². The van der Waals surface area contributed by atoms with Gasteiger partial charge in [-0.1, -0.05) is 18.6 Å². The van der Waals surface area contributed by atoms with E-state index >= 15 is 0 Å². The number of nitrogens with one attached hydrogen (secondary N) is 1. The molecular weight excluding hydrogens is 249 g/mol. The van der Waals surface area contributed by atoms with Gasteiger partial charge in [0.25, 0.3) is 0 Å². The number of benzene rings is 1. The zero-order valence-electron chi connectivity index (χ0n) is 11.2. The van der Waals surface area contributed by atoms with Crippen molar-refractivity contribution in [2.24, 2.45) is 0 Å². The SMILES string of the molecule is COc1cccc(CNCCCCCSC)c1F. The molecule has 0 spiro atoms. The zero-order valence-corrected chi connectivity index (χ0v) is 12.0. The molecule has 0 radical (unpaired) electrons. The maximum absolute atomic E-state index is 13.8. The molecule has 0 aliphatic rings. The van der Waals surface area contributed by atoms with Crippen LogP contribution in [0.4, 0.5) is 4.39 Å². The average Bonchev–Trinajstić information content (AvgIpc) is 2.39. The Kier molecular flexibility index (Phi) is 7.85. The predicted octanol–water partition coefficient (Wildman–Crippen LogP) is 3.46. The second-order valence-corrected chi connectivity index (χ2v) is 5.15. The Balaban J connectivity index is 2.23. The van der Waals surface area contributed by atoms with E-state index in [1.165, 1.54) is 25.7 Å². The summed E-state index contributed by atoms with van der Waals surface area (Å²) < 4.78 is 18.7. The van der Waals surface area contributed by atoms with E-state index in [1.54, 1.807) is 12.1 Å². The van der Waals surface area contributed by atoms with Crippen LogP contribution in [0.5, 0.6) is 5.75 Å². The van der Waals surface area contributed by atoms with Crippen LogP contribution < -0.4 is 10.1 Å². The van der Waals surface area contributed by atoms with Gasteiger partial charge in [0.05, 0.1) is 7.11 Å². The van der Waals surface area contributed by atoms with Crippen LogP contribution in [0.25, 0.3) is 0 Å². The fraction of sp³-hybridized carbons (Fsp3) is 0.571. The molecule has 0 aliphatic carbocycles. The molecule has 2 nitrogen and oxygen atoms in total. The van der Waals surface area contributed by atoms with Crippen molar-refractivity contribution in [3.63, 3.8) is 0 Å². The summed E-state index contributed by atoms with van der Waals surface area (Å²) >= 11 is 1.88. The number of hydrogen-bond donors (Lipinski definition) is 1. The van der Waals surface area contributed by atoms with Crippen molar-refractivity contribution in [3.8, 4) is 5.75 Å². The Bertz CT molecular complexity index is 347. The first kappa shape index (κ1) is 15.3. The van der Waals surface area contributed by atoms with Crippen LogP contribution in [0.3, 0.4) is 0 Å². The van der Waals surface area contributed by atoms with E-state index in [2.05, 4.69) is 11.6 Å². The molecule has 0 saturated heterocycles. The average molecular weight is 271 g/mol. The topological polar surface area (TPSA) is 21.3 Å². The fourth-order valence-electron chi connectivity index (χ4n) is 1.75. The highest BCUT2D eigenvalue weighted by atomic mass is 32.2. The first-order valence-corrected chi connectivity index (χ1v) is 7.70. The van der Waals surface area contributed by atoms with Crippen LogP contribution in [-0.2, 0) is 6.54 Å². The van der Waals surface area contributed by atoms with Gasteiger partial charge in [-0.25, -0.2) is 4.39 Å². The molecule has 102 valence electrons. The molecule has 1 rings (SSSR count). The normalized spacial score (nSPS) is 10.6. The van der Waals surface area contributed by atoms with E-state index in [1.807, 2.05) is 17.8 Å². The third-order valence-corrected chi connectivity index (χ3v) is 3.48. The van der Waals surface area contributed by atoms with Gasteiger partial charge in [-0.2, -0.15) is 11.8 Å². The molecule has 0 aromatic heterocycles. The largest absolute Gasteiger partial charge is 0.494 e. The lowest BCUT2D eigenvalue weighted by Gasteiger charge is -2.08. The number of thioether (sulfide) groups is 1. The summed E-state index contributed by atoms with van der Waals surface area (Å²) in [6.07, 6.45) is 5.76. The molecule has 0 saturated carbocycles. The summed E-state index contributed by atoms with van der Waals surface area (Å²) in [5, 5.41) is 3.27. The molecule has 0 fully saturated rings. The summed E-state index contributed by atoms with van der Waals surface area (Å²) in [7, 11) is 1.49. The molecular formula is C14H22FNOS. The van der Waals surface area contributed by atoms with Gasteiger partial charge in [-0.15, -0.1) is 0 Å². The molecule has 1 aromatic rings. The lowest BCUT2D eigenvalue weighted by atomic mass is 10.2. The van der Waals surface area contributed by atoms with Gasteiger partial charge in [0.2, 0.25) is 0 Å². The molecule has 0 atom stereocenters. The highest BCUT2D eigenvalue weighted by molar-refractivity contribution is 7.98. The van der Waals surface area contributed by atoms with E-state index in [0.29, 0.717) is 17.9 Å². The van der Waals surface area contributed by atoms with Crippen molar-refractivity contribution in [1.29, 1.82) is 0 Å². The lowest BCUT2D eigenvalue weighted by molar-refractivity contribution is 0.383. The lowest BCUT2D eigenvalue weighted by Crippen LogP contribution is -2.15. The number of hydrogen-bond acceptors (Lipinski definition) is 3. The van der Waals surface area contributed by atoms with Crippen molar-refractivity contribution >= 4 is 11.8 Å². The molecule has 18 heavy (non-hydrogen) atoms. The summed E-state index contributed by atoms with van der Waals surface area (Å²) in [6.45, 7) is 1.50. The summed E-state index contributed by atoms with van der Waals surface area (Å²) in [5.74, 6) is 1.29. The van der Waals surface area contributed by atoms with Crippen LogP contribution in [-0.4, -0.2) is 25.7 Å². The van der Waals surface area contributed by atoms with Gasteiger partial charge in [0, 0.05) is 12.1 Å². The number of halogens is 1. The van der Waals surface area contributed by atoms with E-state index < -0.39 is 0 Å². The Labute approximate surface area is 113 Å². The van der Waals surface area contributed by atoms with Gasteiger partial charge < -0.3 is 10.1 Å². The monoisotopic (exact) mass is 271 g/mol. The third kappa shape index (κ3) is 5.27. The van der Waals surface area contributed by atoms with Gasteiger partial charge in [0.1, 0.15) is 0 Å². The fourth-order valence-corrected chi connectivity index (χ4v) is 2.24. The molecule has 0 aliphatic heterocycles. The number of rotatable bonds is 9. The standard InChI is InChI=1S/C14H22FNOS/c1-17-13-8-6-7-12(14(13)15)11-16-9-4-3-5-10-18-2/h6-8,16H,3-5,9-11H2,1-2H3. The number of ether oxygens (including phenoxy) is 1. The van der Waals surface area contributed by atoms with Gasteiger partial charge in [0.15, 0.2) is 11.6 Å². The quantitative estimate of drug-likeness (QED) is 0.695. The molecule has 0 heterocycles. The van der Waals surface area contributed by atoms with Crippen LogP contribution in [0.1, 0.15) is 24.8 Å². The first-order valence-electron chi connectivity index (χ1n) is 6.30. The van der Waals surface area contributed by atoms with Crippen LogP contribution in [0.15, 0.2) is 18.2 Å². The zero-order chi connectivity index (χ0) is 13.2. The highest BCUT2D eigenvalue weighted by Gasteiger charge is 2.07. The minimum atomic E-state index is -0.255. The molecule has 1 N–H and O–H groups in total. The second kappa shape index (κ2) is 9.22. The van der Waals surface area contributed by atoms with E-state index in [4.69, 9.17) is 4.74 Å². The van der Waals surface area contributed by atoms with Crippen molar-refractivity contribution < 1.29 is 9.13 Å². The van der Waals surface area contributed by atoms with Gasteiger partial charge in [-0.05, 0) is 37.5 Å². The van der Waals surface area contributed by atoms with E-state index in [0.717, 1.165) is 13.0 Å². The van der Waals surface area contributed by atoms with Crippen LogP contribution in [0.2, 0.25) is 0 Å². The minimum Gasteiger partial charge on any atom is -0.494 e. The van der Waals surface area contributed by atoms with Gasteiger partial charge >= 0.3 is 0 Å².